The molecule has 0 bridgehead atoms. The first kappa shape index (κ1) is 9.82. The Labute approximate surface area is 78.6 Å². The van der Waals surface area contributed by atoms with Crippen LogP contribution in [-0.2, 0) is 4.79 Å². The molecule has 1 rings (SSSR count). The Kier molecular flexibility index (Phi) is 3.53. The van der Waals surface area contributed by atoms with Crippen LogP contribution in [0.5, 0.6) is 0 Å². The van der Waals surface area contributed by atoms with E-state index in [1.54, 1.807) is 4.90 Å². The Morgan fingerprint density at radius 1 is 1.69 bits per heavy atom. The summed E-state index contributed by atoms with van der Waals surface area (Å²) in [5.41, 5.74) is 5.60. The van der Waals surface area contributed by atoms with Crippen molar-refractivity contribution in [1.82, 2.24) is 4.90 Å². The molecule has 1 aliphatic rings. The first-order valence-electron chi connectivity index (χ1n) is 4.38. The van der Waals surface area contributed by atoms with Gasteiger partial charge in [0.15, 0.2) is 0 Å². The fourth-order valence-corrected chi connectivity index (χ4v) is 1.29. The normalized spacial score (nSPS) is 18.0. The Morgan fingerprint density at radius 3 is 3.00 bits per heavy atom. The summed E-state index contributed by atoms with van der Waals surface area (Å²) in [6.07, 6.45) is 10.4. The summed E-state index contributed by atoms with van der Waals surface area (Å²) in [6.45, 7) is 1.42. The minimum atomic E-state index is -0.531. The van der Waals surface area contributed by atoms with Gasteiger partial charge in [-0.15, -0.1) is 12.3 Å². The number of terminal acetylenes is 1. The number of carbonyl (C=O) groups excluding carboxylic acids is 1. The fourth-order valence-electron chi connectivity index (χ4n) is 1.29. The average molecular weight is 178 g/mol. The van der Waals surface area contributed by atoms with Gasteiger partial charge in [-0.3, -0.25) is 4.79 Å². The Hall–Kier alpha value is -1.27. The summed E-state index contributed by atoms with van der Waals surface area (Å²) in [5, 5.41) is 0. The molecule has 0 saturated heterocycles. The van der Waals surface area contributed by atoms with E-state index in [2.05, 4.69) is 12.0 Å². The largest absolute Gasteiger partial charge is 0.337 e. The molecule has 1 amide bonds. The van der Waals surface area contributed by atoms with E-state index in [4.69, 9.17) is 12.2 Å². The number of hydrogen-bond acceptors (Lipinski definition) is 2. The first-order chi connectivity index (χ1) is 6.25. The molecule has 2 N–H and O–H groups in total. The molecule has 1 heterocycles. The summed E-state index contributed by atoms with van der Waals surface area (Å²) in [7, 11) is 0. The minimum Gasteiger partial charge on any atom is -0.337 e. The van der Waals surface area contributed by atoms with Crippen LogP contribution in [0.4, 0.5) is 0 Å². The number of nitrogens with two attached hydrogens (primary N) is 1. The molecule has 0 saturated carbocycles. The van der Waals surface area contributed by atoms with Crippen molar-refractivity contribution in [3.8, 4) is 12.3 Å². The molecule has 0 radical (unpaired) electrons. The van der Waals surface area contributed by atoms with Gasteiger partial charge in [0.2, 0.25) is 5.91 Å². The van der Waals surface area contributed by atoms with Crippen LogP contribution in [-0.4, -0.2) is 29.9 Å². The molecule has 0 aromatic rings. The highest BCUT2D eigenvalue weighted by atomic mass is 16.2. The second-order valence-electron chi connectivity index (χ2n) is 3.06. The number of amides is 1. The molecule has 70 valence electrons. The number of carbonyl (C=O) groups is 1. The first-order valence-corrected chi connectivity index (χ1v) is 4.38. The Bertz CT molecular complexity index is 252. The zero-order valence-corrected chi connectivity index (χ0v) is 7.57. The van der Waals surface area contributed by atoms with Gasteiger partial charge in [0.25, 0.3) is 0 Å². The van der Waals surface area contributed by atoms with Crippen molar-refractivity contribution in [1.29, 1.82) is 0 Å². The highest BCUT2D eigenvalue weighted by Gasteiger charge is 2.19. The van der Waals surface area contributed by atoms with Gasteiger partial charge in [0.05, 0.1) is 6.04 Å². The third kappa shape index (κ3) is 2.60. The zero-order valence-electron chi connectivity index (χ0n) is 7.57. The van der Waals surface area contributed by atoms with E-state index in [1.807, 2.05) is 6.08 Å². The molecule has 3 heteroatoms. The molecule has 3 nitrogen and oxygen atoms in total. The monoisotopic (exact) mass is 178 g/mol. The second kappa shape index (κ2) is 4.68. The standard InChI is InChI=1S/C10H14N2O/c1-2-6-9(11)10(13)12-7-4-3-5-8-12/h1,3-4,9H,5-8,11H2. The lowest BCUT2D eigenvalue weighted by Gasteiger charge is -2.25. The molecule has 0 fully saturated rings. The van der Waals surface area contributed by atoms with Gasteiger partial charge >= 0.3 is 0 Å². The molecular weight excluding hydrogens is 164 g/mol. The van der Waals surface area contributed by atoms with E-state index in [-0.39, 0.29) is 5.91 Å². The third-order valence-electron chi connectivity index (χ3n) is 2.02. The van der Waals surface area contributed by atoms with Crippen LogP contribution in [0.2, 0.25) is 0 Å². The molecule has 1 aliphatic heterocycles. The van der Waals surface area contributed by atoms with Crippen molar-refractivity contribution in [2.24, 2.45) is 5.73 Å². The van der Waals surface area contributed by atoms with Gasteiger partial charge < -0.3 is 10.6 Å². The van der Waals surface area contributed by atoms with E-state index in [9.17, 15) is 4.79 Å². The van der Waals surface area contributed by atoms with Crippen LogP contribution in [0, 0.1) is 12.3 Å². The van der Waals surface area contributed by atoms with Crippen LogP contribution in [0.25, 0.3) is 0 Å². The van der Waals surface area contributed by atoms with Gasteiger partial charge in [0.1, 0.15) is 0 Å². The fraction of sp³-hybridized carbons (Fsp3) is 0.500. The molecule has 1 unspecified atom stereocenters. The van der Waals surface area contributed by atoms with Crippen molar-refractivity contribution < 1.29 is 4.79 Å². The summed E-state index contributed by atoms with van der Waals surface area (Å²) in [4.78, 5) is 13.3. The number of rotatable bonds is 2. The maximum absolute atomic E-state index is 11.6. The highest BCUT2D eigenvalue weighted by Crippen LogP contribution is 2.04. The van der Waals surface area contributed by atoms with E-state index in [0.29, 0.717) is 13.0 Å². The summed E-state index contributed by atoms with van der Waals surface area (Å²) in [6, 6.07) is -0.531. The van der Waals surface area contributed by atoms with Crippen LogP contribution < -0.4 is 5.73 Å². The topological polar surface area (TPSA) is 46.3 Å². The van der Waals surface area contributed by atoms with E-state index < -0.39 is 6.04 Å². The van der Waals surface area contributed by atoms with Crippen LogP contribution >= 0.6 is 0 Å². The molecule has 0 aliphatic carbocycles. The minimum absolute atomic E-state index is 0.0395. The van der Waals surface area contributed by atoms with Crippen molar-refractivity contribution in [2.45, 2.75) is 18.9 Å². The number of hydrogen-bond donors (Lipinski definition) is 1. The average Bonchev–Trinajstić information content (AvgIpc) is 2.18. The SMILES string of the molecule is C#CCC(N)C(=O)N1CC=CCC1. The summed E-state index contributed by atoms with van der Waals surface area (Å²) in [5.74, 6) is 2.36. The van der Waals surface area contributed by atoms with E-state index in [0.717, 1.165) is 13.0 Å². The smallest absolute Gasteiger partial charge is 0.240 e. The second-order valence-corrected chi connectivity index (χ2v) is 3.06. The molecule has 13 heavy (non-hydrogen) atoms. The highest BCUT2D eigenvalue weighted by molar-refractivity contribution is 5.82. The van der Waals surface area contributed by atoms with Crippen molar-refractivity contribution >= 4 is 5.91 Å². The van der Waals surface area contributed by atoms with Crippen LogP contribution in [0.3, 0.4) is 0 Å². The van der Waals surface area contributed by atoms with E-state index >= 15 is 0 Å². The lowest BCUT2D eigenvalue weighted by Crippen LogP contribution is -2.44. The van der Waals surface area contributed by atoms with Gasteiger partial charge in [-0.25, -0.2) is 0 Å². The molecular formula is C10H14N2O. The maximum atomic E-state index is 11.6. The molecule has 0 aromatic carbocycles. The van der Waals surface area contributed by atoms with Crippen molar-refractivity contribution in [3.63, 3.8) is 0 Å². The lowest BCUT2D eigenvalue weighted by atomic mass is 10.1. The van der Waals surface area contributed by atoms with Gasteiger partial charge in [-0.05, 0) is 6.42 Å². The van der Waals surface area contributed by atoms with Crippen LogP contribution in [0.1, 0.15) is 12.8 Å². The van der Waals surface area contributed by atoms with Gasteiger partial charge in [0, 0.05) is 19.5 Å². The van der Waals surface area contributed by atoms with Gasteiger partial charge in [-0.2, -0.15) is 0 Å². The Morgan fingerprint density at radius 2 is 2.46 bits per heavy atom. The lowest BCUT2D eigenvalue weighted by molar-refractivity contribution is -0.132. The quantitative estimate of drug-likeness (QED) is 0.482. The van der Waals surface area contributed by atoms with Crippen molar-refractivity contribution in [3.05, 3.63) is 12.2 Å². The zero-order chi connectivity index (χ0) is 9.68. The molecule has 1 atom stereocenters. The molecule has 0 aromatic heterocycles. The van der Waals surface area contributed by atoms with Crippen molar-refractivity contribution in [2.75, 3.05) is 13.1 Å². The number of nitrogens with zero attached hydrogens (tertiary/aromatic N) is 1. The van der Waals surface area contributed by atoms with Gasteiger partial charge in [-0.1, -0.05) is 12.2 Å². The molecule has 0 spiro atoms. The predicted octanol–water partition coefficient (Wildman–Crippen LogP) is 0.125. The summed E-state index contributed by atoms with van der Waals surface area (Å²) >= 11 is 0. The van der Waals surface area contributed by atoms with E-state index in [1.165, 1.54) is 0 Å². The third-order valence-corrected chi connectivity index (χ3v) is 2.02. The predicted molar refractivity (Wildman–Crippen MR) is 51.8 cm³/mol. The van der Waals surface area contributed by atoms with Crippen LogP contribution in [0.15, 0.2) is 12.2 Å². The summed E-state index contributed by atoms with van der Waals surface area (Å²) < 4.78 is 0. The Balaban J connectivity index is 2.47. The maximum Gasteiger partial charge on any atom is 0.240 e.